The van der Waals surface area contributed by atoms with Gasteiger partial charge < -0.3 is 10.6 Å². The van der Waals surface area contributed by atoms with Crippen molar-refractivity contribution >= 4 is 23.4 Å². The number of anilines is 1. The first-order valence-corrected chi connectivity index (χ1v) is 8.75. The van der Waals surface area contributed by atoms with E-state index in [4.69, 9.17) is 5.73 Å². The molecule has 3 aromatic carbocycles. The van der Waals surface area contributed by atoms with Crippen LogP contribution in [-0.2, 0) is 6.42 Å². The molecule has 0 aliphatic carbocycles. The van der Waals surface area contributed by atoms with Gasteiger partial charge in [0.2, 0.25) is 0 Å². The molecule has 128 valence electrons. The van der Waals surface area contributed by atoms with Crippen molar-refractivity contribution in [3.63, 3.8) is 0 Å². The molecule has 1 aliphatic heterocycles. The number of carbonyl (C=O) groups excluding carboxylic acids is 1. The Bertz CT molecular complexity index is 959. The third-order valence-electron chi connectivity index (χ3n) is 4.72. The van der Waals surface area contributed by atoms with E-state index in [-0.39, 0.29) is 5.91 Å². The second-order valence-electron chi connectivity index (χ2n) is 6.42. The first-order valence-electron chi connectivity index (χ1n) is 8.75. The summed E-state index contributed by atoms with van der Waals surface area (Å²) in [7, 11) is 0. The normalized spacial score (nSPS) is 13.5. The second kappa shape index (κ2) is 6.89. The van der Waals surface area contributed by atoms with Crippen LogP contribution in [0, 0.1) is 0 Å². The molecule has 26 heavy (non-hydrogen) atoms. The van der Waals surface area contributed by atoms with Crippen LogP contribution in [0.5, 0.6) is 0 Å². The molecular formula is C23H20N2O. The van der Waals surface area contributed by atoms with E-state index in [0.29, 0.717) is 17.8 Å². The highest BCUT2D eigenvalue weighted by atomic mass is 16.2. The van der Waals surface area contributed by atoms with Crippen LogP contribution in [0.1, 0.15) is 27.0 Å². The van der Waals surface area contributed by atoms with Crippen molar-refractivity contribution in [2.24, 2.45) is 0 Å². The van der Waals surface area contributed by atoms with Crippen molar-refractivity contribution in [3.05, 3.63) is 101 Å². The van der Waals surface area contributed by atoms with Gasteiger partial charge >= 0.3 is 0 Å². The van der Waals surface area contributed by atoms with Gasteiger partial charge in [-0.25, -0.2) is 0 Å². The number of nitrogens with zero attached hydrogens (tertiary/aromatic N) is 1. The van der Waals surface area contributed by atoms with Crippen molar-refractivity contribution in [2.75, 3.05) is 12.3 Å². The van der Waals surface area contributed by atoms with E-state index in [0.717, 1.165) is 23.2 Å². The molecule has 0 atom stereocenters. The van der Waals surface area contributed by atoms with Gasteiger partial charge in [0.25, 0.3) is 5.91 Å². The summed E-state index contributed by atoms with van der Waals surface area (Å²) >= 11 is 0. The molecule has 2 N–H and O–H groups in total. The molecule has 0 spiro atoms. The molecular weight excluding hydrogens is 320 g/mol. The van der Waals surface area contributed by atoms with Gasteiger partial charge in [-0.1, -0.05) is 54.6 Å². The summed E-state index contributed by atoms with van der Waals surface area (Å²) in [6.45, 7) is 0.640. The zero-order chi connectivity index (χ0) is 17.9. The number of hydrogen-bond acceptors (Lipinski definition) is 2. The van der Waals surface area contributed by atoms with Gasteiger partial charge in [-0.05, 0) is 53.5 Å². The van der Waals surface area contributed by atoms with E-state index in [1.54, 1.807) is 0 Å². The lowest BCUT2D eigenvalue weighted by molar-refractivity contribution is 0.0838. The minimum atomic E-state index is 0.0153. The number of nitrogen functional groups attached to an aromatic ring is 1. The van der Waals surface area contributed by atoms with Gasteiger partial charge in [0.05, 0.1) is 5.70 Å². The Kier molecular flexibility index (Phi) is 4.28. The zero-order valence-corrected chi connectivity index (χ0v) is 14.4. The minimum Gasteiger partial charge on any atom is -0.399 e. The van der Waals surface area contributed by atoms with E-state index in [2.05, 4.69) is 18.2 Å². The summed E-state index contributed by atoms with van der Waals surface area (Å²) in [6, 6.07) is 25.4. The Labute approximate surface area is 153 Å². The zero-order valence-electron chi connectivity index (χ0n) is 14.4. The average Bonchev–Trinajstić information content (AvgIpc) is 2.88. The summed E-state index contributed by atoms with van der Waals surface area (Å²) in [6.07, 6.45) is 2.93. The first-order chi connectivity index (χ1) is 12.7. The number of benzene rings is 3. The van der Waals surface area contributed by atoms with Gasteiger partial charge in [-0.15, -0.1) is 0 Å². The molecule has 1 aliphatic rings. The van der Waals surface area contributed by atoms with Crippen LogP contribution in [-0.4, -0.2) is 17.4 Å². The smallest absolute Gasteiger partial charge is 0.258 e. The van der Waals surface area contributed by atoms with Crippen LogP contribution in [0.15, 0.2) is 78.9 Å². The molecule has 4 rings (SSSR count). The van der Waals surface area contributed by atoms with Crippen molar-refractivity contribution < 1.29 is 4.79 Å². The standard InChI is InChI=1S/C23H20N2O/c24-21-12-10-18(11-13-21)22-16-20-9-5-4-6-17(20)14-15-25(22)23(26)19-7-2-1-3-8-19/h1-13,16H,14-15,24H2. The number of carbonyl (C=O) groups is 1. The van der Waals surface area contributed by atoms with Gasteiger partial charge in [0, 0.05) is 17.8 Å². The van der Waals surface area contributed by atoms with Gasteiger partial charge in [0.15, 0.2) is 0 Å². The molecule has 1 amide bonds. The topological polar surface area (TPSA) is 46.3 Å². The highest BCUT2D eigenvalue weighted by molar-refractivity contribution is 6.02. The van der Waals surface area contributed by atoms with Crippen LogP contribution >= 0.6 is 0 Å². The molecule has 0 radical (unpaired) electrons. The molecule has 3 nitrogen and oxygen atoms in total. The maximum absolute atomic E-state index is 13.2. The molecule has 3 aromatic rings. The Hall–Kier alpha value is -3.33. The summed E-state index contributed by atoms with van der Waals surface area (Å²) in [5, 5.41) is 0. The maximum atomic E-state index is 13.2. The Morgan fingerprint density at radius 2 is 1.54 bits per heavy atom. The number of hydrogen-bond donors (Lipinski definition) is 1. The largest absolute Gasteiger partial charge is 0.399 e. The summed E-state index contributed by atoms with van der Waals surface area (Å²) in [5.41, 5.74) is 11.6. The summed E-state index contributed by atoms with van der Waals surface area (Å²) in [4.78, 5) is 15.1. The molecule has 0 saturated heterocycles. The van der Waals surface area contributed by atoms with E-state index in [9.17, 15) is 4.79 Å². The molecule has 3 heteroatoms. The van der Waals surface area contributed by atoms with E-state index in [1.165, 1.54) is 5.56 Å². The van der Waals surface area contributed by atoms with Gasteiger partial charge in [-0.3, -0.25) is 4.79 Å². The van der Waals surface area contributed by atoms with E-state index < -0.39 is 0 Å². The maximum Gasteiger partial charge on any atom is 0.258 e. The highest BCUT2D eigenvalue weighted by Gasteiger charge is 2.23. The quantitative estimate of drug-likeness (QED) is 0.700. The Morgan fingerprint density at radius 1 is 0.846 bits per heavy atom. The summed E-state index contributed by atoms with van der Waals surface area (Å²) < 4.78 is 0. The van der Waals surface area contributed by atoms with Crippen LogP contribution < -0.4 is 5.73 Å². The Balaban J connectivity index is 1.82. The Morgan fingerprint density at radius 3 is 2.31 bits per heavy atom. The predicted molar refractivity (Wildman–Crippen MR) is 106 cm³/mol. The van der Waals surface area contributed by atoms with Gasteiger partial charge in [0.1, 0.15) is 0 Å². The third kappa shape index (κ3) is 3.11. The average molecular weight is 340 g/mol. The number of amides is 1. The molecule has 0 aromatic heterocycles. The van der Waals surface area contributed by atoms with E-state index in [1.807, 2.05) is 71.6 Å². The van der Waals surface area contributed by atoms with Crippen molar-refractivity contribution in [1.29, 1.82) is 0 Å². The van der Waals surface area contributed by atoms with Gasteiger partial charge in [-0.2, -0.15) is 0 Å². The second-order valence-corrected chi connectivity index (χ2v) is 6.42. The fraction of sp³-hybridized carbons (Fsp3) is 0.0870. The molecule has 0 saturated carbocycles. The first kappa shape index (κ1) is 16.2. The number of rotatable bonds is 2. The molecule has 1 heterocycles. The van der Waals surface area contributed by atoms with Crippen molar-refractivity contribution in [1.82, 2.24) is 4.90 Å². The fourth-order valence-corrected chi connectivity index (χ4v) is 3.32. The molecule has 0 fully saturated rings. The van der Waals surface area contributed by atoms with Crippen LogP contribution in [0.2, 0.25) is 0 Å². The lowest BCUT2D eigenvalue weighted by atomic mass is 10.0. The van der Waals surface area contributed by atoms with Crippen molar-refractivity contribution in [2.45, 2.75) is 6.42 Å². The molecule has 0 bridgehead atoms. The molecule has 0 unspecified atom stereocenters. The van der Waals surface area contributed by atoms with E-state index >= 15 is 0 Å². The monoisotopic (exact) mass is 340 g/mol. The van der Waals surface area contributed by atoms with Crippen LogP contribution in [0.4, 0.5) is 5.69 Å². The lowest BCUT2D eigenvalue weighted by Gasteiger charge is -2.25. The van der Waals surface area contributed by atoms with Crippen molar-refractivity contribution in [3.8, 4) is 0 Å². The minimum absolute atomic E-state index is 0.0153. The lowest BCUT2D eigenvalue weighted by Crippen LogP contribution is -2.30. The SMILES string of the molecule is Nc1ccc(C2=Cc3ccccc3CCN2C(=O)c2ccccc2)cc1. The summed E-state index contributed by atoms with van der Waals surface area (Å²) in [5.74, 6) is 0.0153. The van der Waals surface area contributed by atoms with Crippen LogP contribution in [0.25, 0.3) is 11.8 Å². The third-order valence-corrected chi connectivity index (χ3v) is 4.72. The number of nitrogens with two attached hydrogens (primary N) is 1. The highest BCUT2D eigenvalue weighted by Crippen LogP contribution is 2.29. The van der Waals surface area contributed by atoms with Crippen LogP contribution in [0.3, 0.4) is 0 Å². The number of fused-ring (bicyclic) bond motifs is 1. The fourth-order valence-electron chi connectivity index (χ4n) is 3.32. The predicted octanol–water partition coefficient (Wildman–Crippen LogP) is 4.47.